The normalized spacial score (nSPS) is 22.2. The van der Waals surface area contributed by atoms with E-state index in [2.05, 4.69) is 5.32 Å². The topological polar surface area (TPSA) is 49.3 Å². The van der Waals surface area contributed by atoms with Crippen molar-refractivity contribution in [3.63, 3.8) is 0 Å². The molecule has 0 saturated heterocycles. The van der Waals surface area contributed by atoms with Gasteiger partial charge in [-0.3, -0.25) is 4.79 Å². The zero-order chi connectivity index (χ0) is 8.97. The first-order chi connectivity index (χ1) is 5.72. The Balaban J connectivity index is 2.24. The third-order valence-electron chi connectivity index (χ3n) is 2.14. The molecule has 1 aliphatic carbocycles. The van der Waals surface area contributed by atoms with E-state index in [9.17, 15) is 4.79 Å². The maximum atomic E-state index is 10.8. The van der Waals surface area contributed by atoms with Crippen molar-refractivity contribution in [3.05, 3.63) is 11.6 Å². The largest absolute Gasteiger partial charge is 0.389 e. The van der Waals surface area contributed by atoms with Crippen molar-refractivity contribution in [1.82, 2.24) is 5.32 Å². The van der Waals surface area contributed by atoms with Gasteiger partial charge in [0, 0.05) is 13.5 Å². The molecule has 1 atom stereocenters. The summed E-state index contributed by atoms with van der Waals surface area (Å²) in [5.74, 6) is 0.0669. The Morgan fingerprint density at radius 2 is 2.58 bits per heavy atom. The molecule has 1 aliphatic rings. The first kappa shape index (κ1) is 9.26. The molecule has 0 aromatic rings. The molecule has 2 N–H and O–H groups in total. The molecular formula is C9H15NO2. The third kappa shape index (κ3) is 2.66. The lowest BCUT2D eigenvalue weighted by Gasteiger charge is -1.99. The van der Waals surface area contributed by atoms with Crippen molar-refractivity contribution in [2.75, 3.05) is 7.05 Å². The second kappa shape index (κ2) is 4.26. The molecule has 12 heavy (non-hydrogen) atoms. The van der Waals surface area contributed by atoms with Gasteiger partial charge in [0.25, 0.3) is 0 Å². The van der Waals surface area contributed by atoms with E-state index >= 15 is 0 Å². The monoisotopic (exact) mass is 169 g/mol. The van der Waals surface area contributed by atoms with Crippen LogP contribution in [0.25, 0.3) is 0 Å². The first-order valence-corrected chi connectivity index (χ1v) is 4.30. The number of rotatable bonds is 3. The van der Waals surface area contributed by atoms with E-state index in [1.807, 2.05) is 6.08 Å². The number of allylic oxidation sites excluding steroid dienone is 1. The standard InChI is InChI=1S/C9H15NO2/c1-10-9(12)5-3-7-2-4-8(11)6-7/h6,8,11H,2-5H2,1H3,(H,10,12). The summed E-state index contributed by atoms with van der Waals surface area (Å²) in [7, 11) is 1.64. The Bertz CT molecular complexity index is 199. The zero-order valence-electron chi connectivity index (χ0n) is 7.34. The van der Waals surface area contributed by atoms with Gasteiger partial charge < -0.3 is 10.4 Å². The van der Waals surface area contributed by atoms with Gasteiger partial charge in [-0.05, 0) is 19.3 Å². The molecule has 0 fully saturated rings. The van der Waals surface area contributed by atoms with Crippen LogP contribution in [0.5, 0.6) is 0 Å². The third-order valence-corrected chi connectivity index (χ3v) is 2.14. The van der Waals surface area contributed by atoms with Crippen LogP contribution >= 0.6 is 0 Å². The van der Waals surface area contributed by atoms with Gasteiger partial charge >= 0.3 is 0 Å². The van der Waals surface area contributed by atoms with Crippen LogP contribution < -0.4 is 5.32 Å². The summed E-state index contributed by atoms with van der Waals surface area (Å²) in [6.45, 7) is 0. The lowest BCUT2D eigenvalue weighted by molar-refractivity contribution is -0.120. The molecule has 3 heteroatoms. The van der Waals surface area contributed by atoms with Gasteiger partial charge in [0.1, 0.15) is 0 Å². The van der Waals surface area contributed by atoms with Crippen molar-refractivity contribution in [1.29, 1.82) is 0 Å². The number of aliphatic hydroxyl groups excluding tert-OH is 1. The van der Waals surface area contributed by atoms with E-state index in [0.29, 0.717) is 6.42 Å². The predicted molar refractivity (Wildman–Crippen MR) is 46.6 cm³/mol. The molecule has 0 saturated carbocycles. The molecule has 0 aromatic heterocycles. The fourth-order valence-electron chi connectivity index (χ4n) is 1.38. The SMILES string of the molecule is CNC(=O)CCC1=CC(O)CC1. The fourth-order valence-corrected chi connectivity index (χ4v) is 1.38. The maximum Gasteiger partial charge on any atom is 0.220 e. The molecule has 0 aliphatic heterocycles. The van der Waals surface area contributed by atoms with Gasteiger partial charge in [-0.2, -0.15) is 0 Å². The Kier molecular flexibility index (Phi) is 3.29. The lowest BCUT2D eigenvalue weighted by atomic mass is 10.1. The summed E-state index contributed by atoms with van der Waals surface area (Å²) in [5.41, 5.74) is 1.21. The molecule has 68 valence electrons. The molecule has 3 nitrogen and oxygen atoms in total. The number of hydrogen-bond acceptors (Lipinski definition) is 2. The van der Waals surface area contributed by atoms with Crippen molar-refractivity contribution in [2.24, 2.45) is 0 Å². The predicted octanol–water partition coefficient (Wildman–Crippen LogP) is 0.594. The van der Waals surface area contributed by atoms with E-state index in [-0.39, 0.29) is 12.0 Å². The minimum atomic E-state index is -0.273. The quantitative estimate of drug-likeness (QED) is 0.608. The van der Waals surface area contributed by atoms with E-state index in [1.54, 1.807) is 7.05 Å². The van der Waals surface area contributed by atoms with Crippen LogP contribution in [0.3, 0.4) is 0 Å². The number of amides is 1. The minimum Gasteiger partial charge on any atom is -0.389 e. The number of aliphatic hydroxyl groups is 1. The van der Waals surface area contributed by atoms with Crippen molar-refractivity contribution < 1.29 is 9.90 Å². The van der Waals surface area contributed by atoms with Crippen LogP contribution in [0.2, 0.25) is 0 Å². The van der Waals surface area contributed by atoms with Crippen LogP contribution in [0.4, 0.5) is 0 Å². The molecule has 0 aromatic carbocycles. The van der Waals surface area contributed by atoms with E-state index in [1.165, 1.54) is 5.57 Å². The summed E-state index contributed by atoms with van der Waals surface area (Å²) in [6.07, 6.45) is 4.68. The summed E-state index contributed by atoms with van der Waals surface area (Å²) >= 11 is 0. The van der Waals surface area contributed by atoms with Crippen molar-refractivity contribution >= 4 is 5.91 Å². The summed E-state index contributed by atoms with van der Waals surface area (Å²) in [4.78, 5) is 10.8. The Hall–Kier alpha value is -0.830. The second-order valence-electron chi connectivity index (χ2n) is 3.10. The van der Waals surface area contributed by atoms with Crippen LogP contribution in [-0.2, 0) is 4.79 Å². The zero-order valence-corrected chi connectivity index (χ0v) is 7.34. The van der Waals surface area contributed by atoms with Gasteiger partial charge in [0.05, 0.1) is 6.10 Å². The van der Waals surface area contributed by atoms with Crippen LogP contribution in [0, 0.1) is 0 Å². The van der Waals surface area contributed by atoms with E-state index < -0.39 is 0 Å². The number of carbonyl (C=O) groups excluding carboxylic acids is 1. The van der Waals surface area contributed by atoms with Gasteiger partial charge in [-0.1, -0.05) is 11.6 Å². The van der Waals surface area contributed by atoms with Crippen molar-refractivity contribution in [3.8, 4) is 0 Å². The van der Waals surface area contributed by atoms with E-state index in [4.69, 9.17) is 5.11 Å². The van der Waals surface area contributed by atoms with Crippen LogP contribution in [-0.4, -0.2) is 24.2 Å². The van der Waals surface area contributed by atoms with Crippen LogP contribution in [0.1, 0.15) is 25.7 Å². The summed E-state index contributed by atoms with van der Waals surface area (Å²) in [6, 6.07) is 0. The molecule has 0 heterocycles. The number of hydrogen-bond donors (Lipinski definition) is 2. The van der Waals surface area contributed by atoms with Gasteiger partial charge in [0.2, 0.25) is 5.91 Å². The Morgan fingerprint density at radius 1 is 1.83 bits per heavy atom. The van der Waals surface area contributed by atoms with E-state index in [0.717, 1.165) is 19.3 Å². The highest BCUT2D eigenvalue weighted by Gasteiger charge is 2.12. The highest BCUT2D eigenvalue weighted by Crippen LogP contribution is 2.22. The molecule has 0 spiro atoms. The molecule has 0 bridgehead atoms. The Labute approximate surface area is 72.5 Å². The van der Waals surface area contributed by atoms with Gasteiger partial charge in [0.15, 0.2) is 0 Å². The van der Waals surface area contributed by atoms with Crippen LogP contribution in [0.15, 0.2) is 11.6 Å². The summed E-state index contributed by atoms with van der Waals surface area (Å²) in [5, 5.41) is 11.7. The average molecular weight is 169 g/mol. The molecule has 1 unspecified atom stereocenters. The smallest absolute Gasteiger partial charge is 0.220 e. The molecule has 1 rings (SSSR count). The maximum absolute atomic E-state index is 10.8. The Morgan fingerprint density at radius 3 is 3.08 bits per heavy atom. The number of carbonyl (C=O) groups is 1. The first-order valence-electron chi connectivity index (χ1n) is 4.30. The highest BCUT2D eigenvalue weighted by atomic mass is 16.3. The second-order valence-corrected chi connectivity index (χ2v) is 3.10. The summed E-state index contributed by atoms with van der Waals surface area (Å²) < 4.78 is 0. The van der Waals surface area contributed by atoms with Gasteiger partial charge in [-0.15, -0.1) is 0 Å². The molecular weight excluding hydrogens is 154 g/mol. The van der Waals surface area contributed by atoms with Gasteiger partial charge in [-0.25, -0.2) is 0 Å². The minimum absolute atomic E-state index is 0.0669. The molecule has 0 radical (unpaired) electrons. The highest BCUT2D eigenvalue weighted by molar-refractivity contribution is 5.75. The molecule has 1 amide bonds. The average Bonchev–Trinajstić information content (AvgIpc) is 2.47. The van der Waals surface area contributed by atoms with Crippen molar-refractivity contribution in [2.45, 2.75) is 31.8 Å². The lowest BCUT2D eigenvalue weighted by Crippen LogP contribution is -2.17. The fraction of sp³-hybridized carbons (Fsp3) is 0.667. The number of nitrogens with one attached hydrogen (secondary N) is 1.